The fraction of sp³-hybridized carbons (Fsp3) is 0.455. The quantitative estimate of drug-likeness (QED) is 0.638. The highest BCUT2D eigenvalue weighted by molar-refractivity contribution is 7.15. The molecule has 2 heterocycles. The van der Waals surface area contributed by atoms with Crippen LogP contribution in [0.5, 0.6) is 0 Å². The molecule has 1 aliphatic heterocycles. The molecule has 1 N–H and O–H groups in total. The Labute approximate surface area is 181 Å². The Bertz CT molecular complexity index is 855. The molecule has 156 valence electrons. The molecule has 2 aromatic rings. The van der Waals surface area contributed by atoms with Crippen molar-refractivity contribution in [2.45, 2.75) is 27.2 Å². The lowest BCUT2D eigenvalue weighted by atomic mass is 9.92. The molecule has 0 saturated carbocycles. The van der Waals surface area contributed by atoms with Gasteiger partial charge in [-0.05, 0) is 42.9 Å². The number of thiophene rings is 1. The average molecular weight is 435 g/mol. The number of benzene rings is 1. The number of amides is 1. The smallest absolute Gasteiger partial charge is 0.341 e. The topological polar surface area (TPSA) is 58.6 Å². The Morgan fingerprint density at radius 3 is 2.48 bits per heavy atom. The maximum atomic E-state index is 12.7. The third-order valence-corrected chi connectivity index (χ3v) is 6.14. The molecule has 7 heteroatoms. The summed E-state index contributed by atoms with van der Waals surface area (Å²) >= 11 is 7.32. The second-order valence-electron chi connectivity index (χ2n) is 7.77. The van der Waals surface area contributed by atoms with Gasteiger partial charge in [0, 0.05) is 29.1 Å². The normalized spacial score (nSPS) is 19.7. The number of hydrogen-bond acceptors (Lipinski definition) is 5. The molecule has 1 aliphatic rings. The van der Waals surface area contributed by atoms with Crippen molar-refractivity contribution in [2.75, 3.05) is 31.6 Å². The summed E-state index contributed by atoms with van der Waals surface area (Å²) in [6.45, 7) is 8.64. The first-order valence-corrected chi connectivity index (χ1v) is 11.2. The minimum atomic E-state index is -0.436. The molecule has 3 rings (SSSR count). The SMILES string of the molecule is CCOC(=O)c1c(-c2ccc(Cl)cc2)csc1NC(=O)CN1C[C@H](C)C[C@@H](C)C1. The van der Waals surface area contributed by atoms with Crippen molar-refractivity contribution in [3.05, 3.63) is 40.2 Å². The molecule has 29 heavy (non-hydrogen) atoms. The first-order valence-electron chi connectivity index (χ1n) is 9.94. The minimum absolute atomic E-state index is 0.110. The molecule has 2 atom stereocenters. The molecule has 1 saturated heterocycles. The van der Waals surface area contributed by atoms with E-state index in [2.05, 4.69) is 24.1 Å². The summed E-state index contributed by atoms with van der Waals surface area (Å²) in [4.78, 5) is 27.5. The summed E-state index contributed by atoms with van der Waals surface area (Å²) < 4.78 is 5.25. The van der Waals surface area contributed by atoms with Gasteiger partial charge >= 0.3 is 5.97 Å². The molecule has 0 unspecified atom stereocenters. The molecule has 0 spiro atoms. The van der Waals surface area contributed by atoms with Crippen LogP contribution in [0.3, 0.4) is 0 Å². The second kappa shape index (κ2) is 9.74. The summed E-state index contributed by atoms with van der Waals surface area (Å²) in [7, 11) is 0. The molecule has 1 aromatic heterocycles. The Kier molecular flexibility index (Phi) is 7.33. The van der Waals surface area contributed by atoms with Crippen LogP contribution in [0, 0.1) is 11.8 Å². The van der Waals surface area contributed by atoms with E-state index in [1.165, 1.54) is 17.8 Å². The van der Waals surface area contributed by atoms with Crippen molar-refractivity contribution in [1.82, 2.24) is 4.90 Å². The van der Waals surface area contributed by atoms with E-state index in [-0.39, 0.29) is 12.5 Å². The van der Waals surface area contributed by atoms with Crippen molar-refractivity contribution in [3.63, 3.8) is 0 Å². The van der Waals surface area contributed by atoms with Crippen LogP contribution in [-0.2, 0) is 9.53 Å². The van der Waals surface area contributed by atoms with Crippen LogP contribution >= 0.6 is 22.9 Å². The highest BCUT2D eigenvalue weighted by Crippen LogP contribution is 2.36. The van der Waals surface area contributed by atoms with E-state index in [0.717, 1.165) is 24.2 Å². The van der Waals surface area contributed by atoms with E-state index in [1.807, 2.05) is 17.5 Å². The zero-order valence-corrected chi connectivity index (χ0v) is 18.6. The molecule has 1 fully saturated rings. The number of likely N-dealkylation sites (tertiary alicyclic amines) is 1. The average Bonchev–Trinajstić information content (AvgIpc) is 3.05. The Hall–Kier alpha value is -1.89. The van der Waals surface area contributed by atoms with Gasteiger partial charge in [-0.25, -0.2) is 4.79 Å². The Morgan fingerprint density at radius 1 is 1.21 bits per heavy atom. The van der Waals surface area contributed by atoms with E-state index in [9.17, 15) is 9.59 Å². The summed E-state index contributed by atoms with van der Waals surface area (Å²) in [6.07, 6.45) is 1.19. The third-order valence-electron chi connectivity index (χ3n) is 4.99. The number of halogens is 1. The number of nitrogens with zero attached hydrogens (tertiary/aromatic N) is 1. The van der Waals surface area contributed by atoms with Gasteiger partial charge in [-0.1, -0.05) is 37.6 Å². The van der Waals surface area contributed by atoms with Gasteiger partial charge < -0.3 is 10.1 Å². The van der Waals surface area contributed by atoms with Crippen LogP contribution < -0.4 is 5.32 Å². The molecule has 1 aromatic carbocycles. The monoisotopic (exact) mass is 434 g/mol. The standard InChI is InChI=1S/C22H27ClN2O3S/c1-4-28-22(27)20-18(16-5-7-17(23)8-6-16)13-29-21(20)24-19(26)12-25-10-14(2)9-15(3)11-25/h5-8,13-15H,4,9-12H2,1-3H3,(H,24,26)/t14-,15-/m1/s1. The van der Waals surface area contributed by atoms with E-state index in [4.69, 9.17) is 16.3 Å². The lowest BCUT2D eigenvalue weighted by Gasteiger charge is -2.34. The number of esters is 1. The molecular formula is C22H27ClN2O3S. The van der Waals surface area contributed by atoms with Crippen LogP contribution in [0.1, 0.15) is 37.6 Å². The Morgan fingerprint density at radius 2 is 1.86 bits per heavy atom. The van der Waals surface area contributed by atoms with Crippen molar-refractivity contribution in [1.29, 1.82) is 0 Å². The molecule has 0 aliphatic carbocycles. The highest BCUT2D eigenvalue weighted by Gasteiger charge is 2.26. The summed E-state index contributed by atoms with van der Waals surface area (Å²) in [5.74, 6) is 0.621. The van der Waals surface area contributed by atoms with E-state index in [1.54, 1.807) is 19.1 Å². The third kappa shape index (κ3) is 5.59. The van der Waals surface area contributed by atoms with Gasteiger partial charge in [-0.15, -0.1) is 11.3 Å². The number of ether oxygens (including phenoxy) is 1. The number of nitrogens with one attached hydrogen (secondary N) is 1. The van der Waals surface area contributed by atoms with Crippen molar-refractivity contribution >= 4 is 39.8 Å². The van der Waals surface area contributed by atoms with Gasteiger partial charge in [0.05, 0.1) is 13.2 Å². The van der Waals surface area contributed by atoms with Crippen molar-refractivity contribution in [2.24, 2.45) is 11.8 Å². The zero-order valence-electron chi connectivity index (χ0n) is 17.0. The maximum absolute atomic E-state index is 12.7. The lowest BCUT2D eigenvalue weighted by molar-refractivity contribution is -0.117. The number of carbonyl (C=O) groups is 2. The second-order valence-corrected chi connectivity index (χ2v) is 9.09. The molecule has 0 radical (unpaired) electrons. The van der Waals surface area contributed by atoms with Gasteiger partial charge in [0.2, 0.25) is 5.91 Å². The van der Waals surface area contributed by atoms with E-state index < -0.39 is 5.97 Å². The number of anilines is 1. The molecular weight excluding hydrogens is 408 g/mol. The van der Waals surface area contributed by atoms with Crippen LogP contribution in [0.15, 0.2) is 29.6 Å². The predicted molar refractivity (Wildman–Crippen MR) is 119 cm³/mol. The summed E-state index contributed by atoms with van der Waals surface area (Å²) in [5, 5.41) is 5.96. The van der Waals surface area contributed by atoms with Gasteiger partial charge in [-0.3, -0.25) is 9.69 Å². The number of carbonyl (C=O) groups excluding carboxylic acids is 2. The van der Waals surface area contributed by atoms with E-state index >= 15 is 0 Å². The summed E-state index contributed by atoms with van der Waals surface area (Å²) in [5.41, 5.74) is 1.99. The predicted octanol–water partition coefficient (Wildman–Crippen LogP) is 5.16. The molecule has 1 amide bonds. The number of hydrogen-bond donors (Lipinski definition) is 1. The fourth-order valence-corrected chi connectivity index (χ4v) is 5.09. The lowest BCUT2D eigenvalue weighted by Crippen LogP contribution is -2.42. The largest absolute Gasteiger partial charge is 0.462 e. The first kappa shape index (κ1) is 21.8. The van der Waals surface area contributed by atoms with Crippen LogP contribution in [-0.4, -0.2) is 43.0 Å². The van der Waals surface area contributed by atoms with Crippen molar-refractivity contribution < 1.29 is 14.3 Å². The molecule has 5 nitrogen and oxygen atoms in total. The number of piperidine rings is 1. The van der Waals surface area contributed by atoms with Crippen LogP contribution in [0.4, 0.5) is 5.00 Å². The van der Waals surface area contributed by atoms with Crippen LogP contribution in [0.2, 0.25) is 5.02 Å². The first-order chi connectivity index (χ1) is 13.9. The Balaban J connectivity index is 1.80. The maximum Gasteiger partial charge on any atom is 0.341 e. The minimum Gasteiger partial charge on any atom is -0.462 e. The zero-order chi connectivity index (χ0) is 21.0. The van der Waals surface area contributed by atoms with E-state index in [0.29, 0.717) is 34.0 Å². The molecule has 0 bridgehead atoms. The fourth-order valence-electron chi connectivity index (χ4n) is 3.99. The van der Waals surface area contributed by atoms with Gasteiger partial charge in [0.15, 0.2) is 0 Å². The highest BCUT2D eigenvalue weighted by atomic mass is 35.5. The van der Waals surface area contributed by atoms with Crippen molar-refractivity contribution in [3.8, 4) is 11.1 Å². The van der Waals surface area contributed by atoms with Gasteiger partial charge in [0.1, 0.15) is 10.6 Å². The number of rotatable bonds is 6. The summed E-state index contributed by atoms with van der Waals surface area (Å²) in [6, 6.07) is 7.27. The van der Waals surface area contributed by atoms with Crippen LogP contribution in [0.25, 0.3) is 11.1 Å². The van der Waals surface area contributed by atoms with Gasteiger partial charge in [-0.2, -0.15) is 0 Å². The van der Waals surface area contributed by atoms with Gasteiger partial charge in [0.25, 0.3) is 0 Å².